The normalized spacial score (nSPS) is 51.6. The largest absolute Gasteiger partial charge is 0.481 e. The van der Waals surface area contributed by atoms with E-state index in [1.54, 1.807) is 0 Å². The van der Waals surface area contributed by atoms with Gasteiger partial charge in [0.25, 0.3) is 0 Å². The van der Waals surface area contributed by atoms with Crippen molar-refractivity contribution in [2.45, 2.75) is 136 Å². The molecule has 246 valence electrons. The summed E-state index contributed by atoms with van der Waals surface area (Å²) in [5.74, 6) is -1.37. The number of ether oxygens (including phenoxy) is 2. The molecule has 0 amide bonds. The van der Waals surface area contributed by atoms with Crippen LogP contribution in [0.3, 0.4) is 0 Å². The number of aliphatic carboxylic acids is 2. The van der Waals surface area contributed by atoms with E-state index < -0.39 is 48.1 Å². The Hall–Kier alpha value is -1.78. The van der Waals surface area contributed by atoms with Gasteiger partial charge in [-0.25, -0.2) is 4.79 Å². The second-order valence-electron chi connectivity index (χ2n) is 16.5. The Morgan fingerprint density at radius 2 is 1.61 bits per heavy atom. The first kappa shape index (κ1) is 32.2. The highest BCUT2D eigenvalue weighted by Gasteiger charge is 2.69. The summed E-state index contributed by atoms with van der Waals surface area (Å²) < 4.78 is 11.9. The molecule has 5 fully saturated rings. The van der Waals surface area contributed by atoms with Gasteiger partial charge >= 0.3 is 11.9 Å². The molecule has 9 heteroatoms. The van der Waals surface area contributed by atoms with Gasteiger partial charge in [0.15, 0.2) is 12.4 Å². The molecular formula is C35H52O9. The van der Waals surface area contributed by atoms with Gasteiger partial charge in [0.2, 0.25) is 0 Å². The number of fused-ring (bicyclic) bond motifs is 7. The first-order chi connectivity index (χ1) is 20.4. The average Bonchev–Trinajstić information content (AvgIpc) is 2.94. The number of rotatable bonds is 4. The molecule has 2 unspecified atom stereocenters. The number of aliphatic hydroxyl groups excluding tert-OH is 3. The number of hydrogen-bond acceptors (Lipinski definition) is 7. The summed E-state index contributed by atoms with van der Waals surface area (Å²) in [4.78, 5) is 24.5. The molecule has 0 bridgehead atoms. The van der Waals surface area contributed by atoms with Crippen LogP contribution in [-0.2, 0) is 19.1 Å². The molecule has 13 atom stereocenters. The fourth-order valence-corrected chi connectivity index (χ4v) is 11.7. The molecule has 4 saturated carbocycles. The molecule has 5 aliphatic carbocycles. The minimum Gasteiger partial charge on any atom is -0.481 e. The lowest BCUT2D eigenvalue weighted by Crippen LogP contribution is -2.66. The van der Waals surface area contributed by atoms with E-state index in [1.807, 2.05) is 0 Å². The van der Waals surface area contributed by atoms with E-state index in [1.165, 1.54) is 11.1 Å². The van der Waals surface area contributed by atoms with Crippen molar-refractivity contribution in [3.05, 3.63) is 23.8 Å². The molecule has 9 nitrogen and oxygen atoms in total. The third kappa shape index (κ3) is 4.21. The number of carboxylic acid groups (broad SMARTS) is 2. The Kier molecular flexibility index (Phi) is 7.58. The zero-order chi connectivity index (χ0) is 32.2. The maximum Gasteiger partial charge on any atom is 0.335 e. The van der Waals surface area contributed by atoms with Crippen LogP contribution in [0, 0.1) is 44.8 Å². The fourth-order valence-electron chi connectivity index (χ4n) is 11.7. The standard InChI is InChI=1S/C35H52O9/c1-18-9-14-35(30(41)42)16-15-33(5)19(20(35)17-18)7-8-22-32(4)12-11-23(31(2,3)21(32)10-13-34(22,33)6)43-29-26(38)24(36)25(37)27(44-29)28(39)40/h7,20-27,29,36-38H,1,8-17H2,2-6H3,(H,39,40)(H,41,42)/t20-,21?,22?,23-,24-,25-,26+,27-,29+,32-,33+,34+,35-/m0/s1. The number of carbonyl (C=O) groups is 2. The molecule has 0 aromatic rings. The highest BCUT2D eigenvalue weighted by molar-refractivity contribution is 5.77. The number of allylic oxidation sites excluding steroid dienone is 3. The highest BCUT2D eigenvalue weighted by Crippen LogP contribution is 2.75. The average molecular weight is 617 g/mol. The molecular weight excluding hydrogens is 564 g/mol. The van der Waals surface area contributed by atoms with Gasteiger partial charge in [0.1, 0.15) is 18.3 Å². The molecule has 6 aliphatic rings. The highest BCUT2D eigenvalue weighted by atomic mass is 16.7. The first-order valence-corrected chi connectivity index (χ1v) is 16.6. The Bertz CT molecular complexity index is 1260. The van der Waals surface area contributed by atoms with Crippen molar-refractivity contribution in [3.63, 3.8) is 0 Å². The molecule has 44 heavy (non-hydrogen) atoms. The molecule has 1 heterocycles. The third-order valence-corrected chi connectivity index (χ3v) is 14.5. The summed E-state index contributed by atoms with van der Waals surface area (Å²) in [6.45, 7) is 16.0. The molecule has 6 rings (SSSR count). The van der Waals surface area contributed by atoms with Crippen molar-refractivity contribution < 1.29 is 44.6 Å². The van der Waals surface area contributed by atoms with Crippen LogP contribution in [-0.4, -0.2) is 74.3 Å². The Morgan fingerprint density at radius 1 is 0.909 bits per heavy atom. The quantitative estimate of drug-likeness (QED) is 0.224. The molecule has 0 spiro atoms. The van der Waals surface area contributed by atoms with Crippen LogP contribution >= 0.6 is 0 Å². The van der Waals surface area contributed by atoms with E-state index in [-0.39, 0.29) is 39.6 Å². The van der Waals surface area contributed by atoms with Crippen LogP contribution in [0.1, 0.15) is 98.8 Å². The number of hydrogen-bond donors (Lipinski definition) is 5. The van der Waals surface area contributed by atoms with Gasteiger partial charge in [-0.15, -0.1) is 0 Å². The summed E-state index contributed by atoms with van der Waals surface area (Å²) in [7, 11) is 0. The SMILES string of the molecule is C=C1CC[C@]2(C(=O)O)CC[C@]3(C)C(=CCC4[C@@]5(C)CC[C@H](O[C@@H]6O[C@H](C(=O)O)[C@@H](O)[C@H](O)[C@H]6O)C(C)(C)C5CC[C@]43C)[C@@H]2C1. The Labute approximate surface area is 260 Å². The second kappa shape index (κ2) is 10.4. The number of carboxylic acids is 2. The van der Waals surface area contributed by atoms with Crippen molar-refractivity contribution in [3.8, 4) is 0 Å². The van der Waals surface area contributed by atoms with Crippen molar-refractivity contribution >= 4 is 11.9 Å². The van der Waals surface area contributed by atoms with E-state index >= 15 is 0 Å². The fraction of sp³-hybridized carbons (Fsp3) is 0.829. The molecule has 0 radical (unpaired) electrons. The van der Waals surface area contributed by atoms with Gasteiger partial charge in [-0.05, 0) is 97.7 Å². The monoisotopic (exact) mass is 616 g/mol. The zero-order valence-corrected chi connectivity index (χ0v) is 26.9. The van der Waals surface area contributed by atoms with Gasteiger partial charge in [0, 0.05) is 5.92 Å². The van der Waals surface area contributed by atoms with Crippen LogP contribution < -0.4 is 0 Å². The third-order valence-electron chi connectivity index (χ3n) is 14.5. The van der Waals surface area contributed by atoms with E-state index in [2.05, 4.69) is 47.3 Å². The lowest BCUT2D eigenvalue weighted by Gasteiger charge is -2.71. The maximum absolute atomic E-state index is 12.8. The van der Waals surface area contributed by atoms with Crippen LogP contribution in [0.15, 0.2) is 23.8 Å². The van der Waals surface area contributed by atoms with Crippen molar-refractivity contribution in [1.29, 1.82) is 0 Å². The number of aliphatic hydroxyl groups is 3. The van der Waals surface area contributed by atoms with Crippen LogP contribution in [0.4, 0.5) is 0 Å². The summed E-state index contributed by atoms with van der Waals surface area (Å²) in [6, 6.07) is 0. The Balaban J connectivity index is 1.28. The molecule has 1 saturated heterocycles. The van der Waals surface area contributed by atoms with Crippen LogP contribution in [0.25, 0.3) is 0 Å². The van der Waals surface area contributed by atoms with Gasteiger partial charge in [-0.1, -0.05) is 58.4 Å². The lowest BCUT2D eigenvalue weighted by molar-refractivity contribution is -0.324. The van der Waals surface area contributed by atoms with Gasteiger partial charge in [-0.2, -0.15) is 0 Å². The van der Waals surface area contributed by atoms with E-state index in [0.29, 0.717) is 25.2 Å². The van der Waals surface area contributed by atoms with Crippen molar-refractivity contribution in [2.24, 2.45) is 44.8 Å². The molecule has 0 aromatic carbocycles. The van der Waals surface area contributed by atoms with E-state index in [9.17, 15) is 35.1 Å². The Morgan fingerprint density at radius 3 is 2.27 bits per heavy atom. The van der Waals surface area contributed by atoms with Crippen LogP contribution in [0.2, 0.25) is 0 Å². The van der Waals surface area contributed by atoms with Crippen molar-refractivity contribution in [1.82, 2.24) is 0 Å². The maximum atomic E-state index is 12.8. The molecule has 5 N–H and O–H groups in total. The predicted molar refractivity (Wildman–Crippen MR) is 161 cm³/mol. The van der Waals surface area contributed by atoms with Gasteiger partial charge in [-0.3, -0.25) is 4.79 Å². The van der Waals surface area contributed by atoms with Crippen LogP contribution in [0.5, 0.6) is 0 Å². The summed E-state index contributed by atoms with van der Waals surface area (Å²) >= 11 is 0. The van der Waals surface area contributed by atoms with E-state index in [4.69, 9.17) is 9.47 Å². The zero-order valence-electron chi connectivity index (χ0n) is 26.9. The topological polar surface area (TPSA) is 154 Å². The summed E-state index contributed by atoms with van der Waals surface area (Å²) in [6.07, 6.45) is 2.35. The van der Waals surface area contributed by atoms with Gasteiger partial charge < -0.3 is 35.0 Å². The summed E-state index contributed by atoms with van der Waals surface area (Å²) in [5, 5.41) is 51.2. The first-order valence-electron chi connectivity index (χ1n) is 16.6. The van der Waals surface area contributed by atoms with Crippen molar-refractivity contribution in [2.75, 3.05) is 0 Å². The van der Waals surface area contributed by atoms with E-state index in [0.717, 1.165) is 44.9 Å². The minimum atomic E-state index is -1.75. The lowest BCUT2D eigenvalue weighted by atomic mass is 9.34. The molecule has 1 aliphatic heterocycles. The predicted octanol–water partition coefficient (Wildman–Crippen LogP) is 4.68. The summed E-state index contributed by atoms with van der Waals surface area (Å²) in [5.41, 5.74) is 1.41. The second-order valence-corrected chi connectivity index (χ2v) is 16.5. The molecule has 0 aromatic heterocycles. The smallest absolute Gasteiger partial charge is 0.335 e. The minimum absolute atomic E-state index is 0.00713. The van der Waals surface area contributed by atoms with Gasteiger partial charge in [0.05, 0.1) is 11.5 Å².